The van der Waals surface area contributed by atoms with Crippen molar-refractivity contribution in [2.24, 2.45) is 0 Å². The summed E-state index contributed by atoms with van der Waals surface area (Å²) in [6, 6.07) is 0. The van der Waals surface area contributed by atoms with Crippen LogP contribution in [0.2, 0.25) is 0 Å². The average molecular weight is 202 g/mol. The van der Waals surface area contributed by atoms with Gasteiger partial charge in [0.2, 0.25) is 0 Å². The van der Waals surface area contributed by atoms with Gasteiger partial charge >= 0.3 is 0 Å². The average Bonchev–Trinajstić information content (AvgIpc) is 2.27. The van der Waals surface area contributed by atoms with Crippen molar-refractivity contribution in [3.05, 3.63) is 60.3 Å². The molecule has 0 N–H and O–H groups in total. The molecule has 82 valence electrons. The van der Waals surface area contributed by atoms with Gasteiger partial charge in [-0.3, -0.25) is 0 Å². The van der Waals surface area contributed by atoms with E-state index < -0.39 is 0 Å². The fourth-order valence-corrected chi connectivity index (χ4v) is 1.34. The number of allylic oxidation sites excluding steroid dienone is 9. The van der Waals surface area contributed by atoms with Crippen LogP contribution in [-0.2, 0) is 0 Å². The van der Waals surface area contributed by atoms with Crippen LogP contribution in [0.3, 0.4) is 0 Å². The quantitative estimate of drug-likeness (QED) is 0.533. The van der Waals surface area contributed by atoms with E-state index in [0.29, 0.717) is 0 Å². The molecule has 0 aromatic carbocycles. The smallest absolute Gasteiger partial charge is 0.0242 e. The summed E-state index contributed by atoms with van der Waals surface area (Å²) in [7, 11) is 0. The van der Waals surface area contributed by atoms with Crippen LogP contribution in [0.15, 0.2) is 60.3 Å². The Bertz CT molecular complexity index is 285. The van der Waals surface area contributed by atoms with Gasteiger partial charge in [-0.15, -0.1) is 0 Å². The molecule has 0 rings (SSSR count). The monoisotopic (exact) mass is 202 g/mol. The van der Waals surface area contributed by atoms with Crippen LogP contribution in [0, 0.1) is 0 Å². The van der Waals surface area contributed by atoms with Crippen LogP contribution >= 0.6 is 0 Å². The molecule has 0 unspecified atom stereocenters. The van der Waals surface area contributed by atoms with Gasteiger partial charge in [0.15, 0.2) is 0 Å². The first-order valence-electron chi connectivity index (χ1n) is 5.50. The van der Waals surface area contributed by atoms with E-state index in [1.54, 1.807) is 0 Å². The minimum absolute atomic E-state index is 1.09. The molecule has 15 heavy (non-hydrogen) atoms. The van der Waals surface area contributed by atoms with Gasteiger partial charge in [0, 0.05) is 0 Å². The lowest BCUT2D eigenvalue weighted by atomic mass is 10.0. The lowest BCUT2D eigenvalue weighted by molar-refractivity contribution is 0.964. The molecule has 0 bridgehead atoms. The van der Waals surface area contributed by atoms with Crippen molar-refractivity contribution in [2.45, 2.75) is 33.6 Å². The Hall–Kier alpha value is -1.30. The van der Waals surface area contributed by atoms with Crippen LogP contribution in [-0.4, -0.2) is 0 Å². The summed E-state index contributed by atoms with van der Waals surface area (Å²) >= 11 is 0. The highest BCUT2D eigenvalue weighted by molar-refractivity contribution is 5.24. The molecule has 0 saturated heterocycles. The highest BCUT2D eigenvalue weighted by Gasteiger charge is 1.94. The van der Waals surface area contributed by atoms with Crippen LogP contribution in [0.4, 0.5) is 0 Å². The number of hydrogen-bond acceptors (Lipinski definition) is 0. The predicted octanol–water partition coefficient (Wildman–Crippen LogP) is 4.98. The Morgan fingerprint density at radius 2 is 1.47 bits per heavy atom. The first kappa shape index (κ1) is 13.7. The first-order chi connectivity index (χ1) is 7.28. The zero-order valence-corrected chi connectivity index (χ0v) is 10.2. The summed E-state index contributed by atoms with van der Waals surface area (Å²) < 4.78 is 0. The zero-order valence-electron chi connectivity index (χ0n) is 10.2. The van der Waals surface area contributed by atoms with E-state index in [9.17, 15) is 0 Å². The molecule has 0 heteroatoms. The maximum Gasteiger partial charge on any atom is -0.0242 e. The lowest BCUT2D eigenvalue weighted by Gasteiger charge is -2.02. The van der Waals surface area contributed by atoms with Gasteiger partial charge in [0.1, 0.15) is 0 Å². The minimum atomic E-state index is 1.09. The van der Waals surface area contributed by atoms with Crippen molar-refractivity contribution in [1.29, 1.82) is 0 Å². The van der Waals surface area contributed by atoms with E-state index in [4.69, 9.17) is 0 Å². The van der Waals surface area contributed by atoms with Gasteiger partial charge in [0.25, 0.3) is 0 Å². The fraction of sp³-hybridized carbons (Fsp3) is 0.333. The van der Waals surface area contributed by atoms with Crippen molar-refractivity contribution in [2.75, 3.05) is 0 Å². The molecule has 0 atom stereocenters. The molecule has 0 aliphatic rings. The molecular formula is C15H22. The van der Waals surface area contributed by atoms with Crippen molar-refractivity contribution < 1.29 is 0 Å². The van der Waals surface area contributed by atoms with E-state index in [2.05, 4.69) is 57.7 Å². The molecule has 0 aromatic heterocycles. The maximum atomic E-state index is 3.67. The zero-order chi connectivity index (χ0) is 11.5. The van der Waals surface area contributed by atoms with Crippen LogP contribution in [0.5, 0.6) is 0 Å². The predicted molar refractivity (Wildman–Crippen MR) is 70.9 cm³/mol. The lowest BCUT2D eigenvalue weighted by Crippen LogP contribution is -1.83. The van der Waals surface area contributed by atoms with Crippen molar-refractivity contribution in [1.82, 2.24) is 0 Å². The molecule has 0 amide bonds. The van der Waals surface area contributed by atoms with Crippen molar-refractivity contribution >= 4 is 0 Å². The van der Waals surface area contributed by atoms with Gasteiger partial charge in [-0.05, 0) is 33.6 Å². The first-order valence-corrected chi connectivity index (χ1v) is 5.50. The number of hydrogen-bond donors (Lipinski definition) is 0. The van der Waals surface area contributed by atoms with Crippen molar-refractivity contribution in [3.8, 4) is 0 Å². The van der Waals surface area contributed by atoms with Gasteiger partial charge in [-0.25, -0.2) is 0 Å². The number of rotatable bonds is 6. The van der Waals surface area contributed by atoms with Gasteiger partial charge in [-0.2, -0.15) is 0 Å². The second-order valence-electron chi connectivity index (χ2n) is 3.32. The highest BCUT2D eigenvalue weighted by Crippen LogP contribution is 2.14. The third kappa shape index (κ3) is 6.73. The standard InChI is InChI=1S/C15H22/c1-5-9-11-15(8-4)13-12-14(7-3)10-6-2/h5-11H,1,12-13H2,2-4H3/b10-6-,11-9-,14-7+,15-8+. The summed E-state index contributed by atoms with van der Waals surface area (Å²) in [6.45, 7) is 9.89. The van der Waals surface area contributed by atoms with E-state index >= 15 is 0 Å². The minimum Gasteiger partial charge on any atom is -0.0991 e. The Kier molecular flexibility index (Phi) is 8.46. The van der Waals surface area contributed by atoms with E-state index in [-0.39, 0.29) is 0 Å². The second-order valence-corrected chi connectivity index (χ2v) is 3.32. The third-order valence-electron chi connectivity index (χ3n) is 2.27. The normalized spacial score (nSPS) is 14.1. The Morgan fingerprint density at radius 1 is 0.933 bits per heavy atom. The van der Waals surface area contributed by atoms with Gasteiger partial charge in [0.05, 0.1) is 0 Å². The highest BCUT2D eigenvalue weighted by atomic mass is 14.0. The summed E-state index contributed by atoms with van der Waals surface area (Å²) in [5.74, 6) is 0. The molecular weight excluding hydrogens is 180 g/mol. The van der Waals surface area contributed by atoms with Crippen LogP contribution in [0.25, 0.3) is 0 Å². The molecule has 0 aliphatic carbocycles. The molecule has 0 saturated carbocycles. The van der Waals surface area contributed by atoms with E-state index in [0.717, 1.165) is 12.8 Å². The molecule has 0 heterocycles. The molecule has 0 nitrogen and oxygen atoms in total. The van der Waals surface area contributed by atoms with E-state index in [1.165, 1.54) is 11.1 Å². The Balaban J connectivity index is 4.23. The van der Waals surface area contributed by atoms with Crippen molar-refractivity contribution in [3.63, 3.8) is 0 Å². The summed E-state index contributed by atoms with van der Waals surface area (Å²) in [6.07, 6.45) is 16.7. The SMILES string of the molecule is C=C/C=C\C(=C/C)CCC(/C=C\C)=C/C. The second kappa shape index (κ2) is 9.26. The van der Waals surface area contributed by atoms with E-state index in [1.807, 2.05) is 12.2 Å². The molecule has 0 aliphatic heterocycles. The van der Waals surface area contributed by atoms with Crippen LogP contribution < -0.4 is 0 Å². The molecule has 0 radical (unpaired) electrons. The summed E-state index contributed by atoms with van der Waals surface area (Å²) in [5, 5.41) is 0. The summed E-state index contributed by atoms with van der Waals surface area (Å²) in [4.78, 5) is 0. The topological polar surface area (TPSA) is 0 Å². The Morgan fingerprint density at radius 3 is 1.87 bits per heavy atom. The Labute approximate surface area is 94.4 Å². The fourth-order valence-electron chi connectivity index (χ4n) is 1.34. The van der Waals surface area contributed by atoms with Gasteiger partial charge in [-0.1, -0.05) is 60.3 Å². The largest absolute Gasteiger partial charge is 0.0991 e. The molecule has 0 fully saturated rings. The molecule has 0 aromatic rings. The maximum absolute atomic E-state index is 3.67. The third-order valence-corrected chi connectivity index (χ3v) is 2.27. The summed E-state index contributed by atoms with van der Waals surface area (Å²) in [5.41, 5.74) is 2.75. The molecule has 0 spiro atoms. The van der Waals surface area contributed by atoms with Crippen LogP contribution in [0.1, 0.15) is 33.6 Å². The van der Waals surface area contributed by atoms with Gasteiger partial charge < -0.3 is 0 Å².